The molecule has 2 aromatic rings. The number of carbonyl (C=O) groups excluding carboxylic acids is 1. The predicted molar refractivity (Wildman–Crippen MR) is 84.3 cm³/mol. The van der Waals surface area contributed by atoms with E-state index in [-0.39, 0.29) is 5.91 Å². The van der Waals surface area contributed by atoms with Gasteiger partial charge in [-0.3, -0.25) is 4.79 Å². The summed E-state index contributed by atoms with van der Waals surface area (Å²) in [6.07, 6.45) is 7.68. The lowest BCUT2D eigenvalue weighted by atomic mass is 10.0. The third-order valence-corrected chi connectivity index (χ3v) is 3.46. The Kier molecular flexibility index (Phi) is 5.51. The largest absolute Gasteiger partial charge is 0.330 e. The summed E-state index contributed by atoms with van der Waals surface area (Å²) in [5.74, 6) is 0.527. The van der Waals surface area contributed by atoms with Crippen LogP contribution in [0, 0.1) is 5.92 Å². The number of benzene rings is 1. The van der Waals surface area contributed by atoms with Crippen molar-refractivity contribution in [3.63, 3.8) is 0 Å². The molecule has 0 radical (unpaired) electrons. The van der Waals surface area contributed by atoms with Crippen LogP contribution in [0.3, 0.4) is 0 Å². The summed E-state index contributed by atoms with van der Waals surface area (Å²) < 4.78 is 1.90. The van der Waals surface area contributed by atoms with E-state index in [2.05, 4.69) is 17.2 Å². The van der Waals surface area contributed by atoms with E-state index in [1.165, 1.54) is 0 Å². The first-order valence-corrected chi connectivity index (χ1v) is 7.27. The first-order chi connectivity index (χ1) is 10.2. The molecule has 5 nitrogen and oxygen atoms in total. The molecule has 1 amide bonds. The number of hydrogen-bond donors (Lipinski definition) is 2. The minimum absolute atomic E-state index is 0.0432. The Bertz CT molecular complexity index is 565. The second-order valence-corrected chi connectivity index (χ2v) is 5.29. The molecular weight excluding hydrogens is 264 g/mol. The van der Waals surface area contributed by atoms with Crippen LogP contribution >= 0.6 is 0 Å². The van der Waals surface area contributed by atoms with E-state index >= 15 is 0 Å². The van der Waals surface area contributed by atoms with E-state index in [0.717, 1.165) is 24.2 Å². The standard InChI is InChI=1S/C16H22N4O/c1-13(7-8-17)5-6-16(21)19-14-3-2-4-15(11-14)20-10-9-18-12-20/h2-4,9-13H,5-8,17H2,1H3,(H,19,21). The molecule has 0 bridgehead atoms. The monoisotopic (exact) mass is 286 g/mol. The number of imidazole rings is 1. The van der Waals surface area contributed by atoms with Gasteiger partial charge in [-0.2, -0.15) is 0 Å². The maximum absolute atomic E-state index is 12.0. The zero-order chi connectivity index (χ0) is 15.1. The van der Waals surface area contributed by atoms with Gasteiger partial charge in [0, 0.05) is 30.2 Å². The summed E-state index contributed by atoms with van der Waals surface area (Å²) in [6, 6.07) is 7.72. The van der Waals surface area contributed by atoms with Crippen LogP contribution in [0.4, 0.5) is 5.69 Å². The Morgan fingerprint density at radius 3 is 3.00 bits per heavy atom. The zero-order valence-corrected chi connectivity index (χ0v) is 12.3. The van der Waals surface area contributed by atoms with E-state index in [1.54, 1.807) is 12.5 Å². The van der Waals surface area contributed by atoms with Crippen molar-refractivity contribution in [2.75, 3.05) is 11.9 Å². The Morgan fingerprint density at radius 2 is 2.29 bits per heavy atom. The number of carbonyl (C=O) groups is 1. The van der Waals surface area contributed by atoms with Gasteiger partial charge in [-0.05, 0) is 43.5 Å². The van der Waals surface area contributed by atoms with Crippen molar-refractivity contribution in [1.29, 1.82) is 0 Å². The van der Waals surface area contributed by atoms with Crippen LogP contribution in [0.15, 0.2) is 43.0 Å². The van der Waals surface area contributed by atoms with E-state index in [1.807, 2.05) is 35.0 Å². The molecule has 1 heterocycles. The Morgan fingerprint density at radius 1 is 1.43 bits per heavy atom. The maximum atomic E-state index is 12.0. The number of nitrogens with two attached hydrogens (primary N) is 1. The Hall–Kier alpha value is -2.14. The van der Waals surface area contributed by atoms with Crippen LogP contribution in [-0.4, -0.2) is 22.0 Å². The van der Waals surface area contributed by atoms with Crippen molar-refractivity contribution in [2.24, 2.45) is 11.7 Å². The van der Waals surface area contributed by atoms with Crippen LogP contribution in [0.2, 0.25) is 0 Å². The lowest BCUT2D eigenvalue weighted by molar-refractivity contribution is -0.116. The highest BCUT2D eigenvalue weighted by atomic mass is 16.1. The van der Waals surface area contributed by atoms with Gasteiger partial charge in [0.25, 0.3) is 0 Å². The summed E-state index contributed by atoms with van der Waals surface area (Å²) >= 11 is 0. The van der Waals surface area contributed by atoms with Crippen molar-refractivity contribution in [3.05, 3.63) is 43.0 Å². The van der Waals surface area contributed by atoms with Crippen molar-refractivity contribution < 1.29 is 4.79 Å². The van der Waals surface area contributed by atoms with E-state index in [9.17, 15) is 4.79 Å². The number of hydrogen-bond acceptors (Lipinski definition) is 3. The number of rotatable bonds is 7. The Balaban J connectivity index is 1.91. The molecule has 21 heavy (non-hydrogen) atoms. The minimum atomic E-state index is 0.0432. The minimum Gasteiger partial charge on any atom is -0.330 e. The molecule has 0 spiro atoms. The molecule has 1 aromatic heterocycles. The van der Waals surface area contributed by atoms with Crippen LogP contribution in [0.1, 0.15) is 26.2 Å². The van der Waals surface area contributed by atoms with Crippen LogP contribution in [0.5, 0.6) is 0 Å². The Labute approximate surface area is 125 Å². The van der Waals surface area contributed by atoms with E-state index < -0.39 is 0 Å². The van der Waals surface area contributed by atoms with Gasteiger partial charge in [-0.1, -0.05) is 13.0 Å². The van der Waals surface area contributed by atoms with Gasteiger partial charge in [0.1, 0.15) is 0 Å². The average molecular weight is 286 g/mol. The molecule has 0 aliphatic heterocycles. The molecule has 3 N–H and O–H groups in total. The lowest BCUT2D eigenvalue weighted by Gasteiger charge is -2.11. The molecule has 1 atom stereocenters. The second-order valence-electron chi connectivity index (χ2n) is 5.29. The number of nitrogens with one attached hydrogen (secondary N) is 1. The average Bonchev–Trinajstić information content (AvgIpc) is 3.00. The highest BCUT2D eigenvalue weighted by Crippen LogP contribution is 2.16. The number of aromatic nitrogens is 2. The van der Waals surface area contributed by atoms with Crippen molar-refractivity contribution in [2.45, 2.75) is 26.2 Å². The summed E-state index contributed by atoms with van der Waals surface area (Å²) in [7, 11) is 0. The molecule has 0 aliphatic rings. The zero-order valence-electron chi connectivity index (χ0n) is 12.3. The predicted octanol–water partition coefficient (Wildman–Crippen LogP) is 2.58. The lowest BCUT2D eigenvalue weighted by Crippen LogP contribution is -2.14. The van der Waals surface area contributed by atoms with Crippen LogP contribution in [0.25, 0.3) is 5.69 Å². The van der Waals surface area contributed by atoms with Gasteiger partial charge < -0.3 is 15.6 Å². The molecule has 0 fully saturated rings. The number of nitrogens with zero attached hydrogens (tertiary/aromatic N) is 2. The van der Waals surface area contributed by atoms with Gasteiger partial charge >= 0.3 is 0 Å². The summed E-state index contributed by atoms with van der Waals surface area (Å²) in [5, 5.41) is 2.94. The molecular formula is C16H22N4O. The summed E-state index contributed by atoms with van der Waals surface area (Å²) in [4.78, 5) is 16.0. The quantitative estimate of drug-likeness (QED) is 0.821. The van der Waals surface area contributed by atoms with E-state index in [0.29, 0.717) is 18.9 Å². The van der Waals surface area contributed by atoms with Crippen molar-refractivity contribution in [3.8, 4) is 5.69 Å². The molecule has 2 rings (SSSR count). The first kappa shape index (κ1) is 15.3. The maximum Gasteiger partial charge on any atom is 0.224 e. The molecule has 1 aromatic carbocycles. The molecule has 0 saturated heterocycles. The fourth-order valence-electron chi connectivity index (χ4n) is 2.19. The van der Waals surface area contributed by atoms with Crippen LogP contribution < -0.4 is 11.1 Å². The third-order valence-electron chi connectivity index (χ3n) is 3.46. The fourth-order valence-corrected chi connectivity index (χ4v) is 2.19. The molecule has 5 heteroatoms. The van der Waals surface area contributed by atoms with Gasteiger partial charge in [0.05, 0.1) is 6.33 Å². The van der Waals surface area contributed by atoms with Gasteiger partial charge in [0.15, 0.2) is 0 Å². The van der Waals surface area contributed by atoms with Crippen LogP contribution in [-0.2, 0) is 4.79 Å². The van der Waals surface area contributed by atoms with Gasteiger partial charge in [-0.15, -0.1) is 0 Å². The van der Waals surface area contributed by atoms with Gasteiger partial charge in [0.2, 0.25) is 5.91 Å². The molecule has 0 saturated carbocycles. The highest BCUT2D eigenvalue weighted by Gasteiger charge is 2.07. The summed E-state index contributed by atoms with van der Waals surface area (Å²) in [5.41, 5.74) is 7.29. The molecule has 112 valence electrons. The normalized spacial score (nSPS) is 12.1. The molecule has 0 aliphatic carbocycles. The summed E-state index contributed by atoms with van der Waals surface area (Å²) in [6.45, 7) is 2.80. The number of amides is 1. The second kappa shape index (κ2) is 7.59. The fraction of sp³-hybridized carbons (Fsp3) is 0.375. The topological polar surface area (TPSA) is 72.9 Å². The smallest absolute Gasteiger partial charge is 0.224 e. The molecule has 1 unspecified atom stereocenters. The van der Waals surface area contributed by atoms with Gasteiger partial charge in [-0.25, -0.2) is 4.98 Å². The first-order valence-electron chi connectivity index (χ1n) is 7.27. The number of anilines is 1. The van der Waals surface area contributed by atoms with Crippen molar-refractivity contribution >= 4 is 11.6 Å². The third kappa shape index (κ3) is 4.72. The SMILES string of the molecule is CC(CCN)CCC(=O)Nc1cccc(-n2ccnc2)c1. The van der Waals surface area contributed by atoms with E-state index in [4.69, 9.17) is 5.73 Å². The van der Waals surface area contributed by atoms with Crippen molar-refractivity contribution in [1.82, 2.24) is 9.55 Å². The highest BCUT2D eigenvalue weighted by molar-refractivity contribution is 5.90.